The summed E-state index contributed by atoms with van der Waals surface area (Å²) in [4.78, 5) is 0. The highest BCUT2D eigenvalue weighted by Crippen LogP contribution is 2.31. The van der Waals surface area contributed by atoms with Crippen molar-refractivity contribution in [2.75, 3.05) is 6.26 Å². The zero-order valence-corrected chi connectivity index (χ0v) is 12.2. The molecule has 0 bridgehead atoms. The average Bonchev–Trinajstić information content (AvgIpc) is 2.72. The van der Waals surface area contributed by atoms with Crippen LogP contribution in [0.25, 0.3) is 0 Å². The maximum absolute atomic E-state index is 2.58. The molecular formula is C15H27BS. The molecule has 2 aliphatic carbocycles. The molecule has 0 aliphatic heterocycles. The highest BCUT2D eigenvalue weighted by molar-refractivity contribution is 7.99. The zero-order valence-electron chi connectivity index (χ0n) is 11.4. The van der Waals surface area contributed by atoms with Crippen LogP contribution in [0.2, 0.25) is 5.82 Å². The highest BCUT2D eigenvalue weighted by Gasteiger charge is 2.18. The van der Waals surface area contributed by atoms with Crippen molar-refractivity contribution in [2.45, 2.75) is 75.3 Å². The minimum absolute atomic E-state index is 0.929. The number of rotatable bonds is 3. The van der Waals surface area contributed by atoms with E-state index in [9.17, 15) is 0 Å². The fraction of sp³-hybridized carbons (Fsp3) is 0.867. The molecular weight excluding hydrogens is 223 g/mol. The lowest BCUT2D eigenvalue weighted by molar-refractivity contribution is 0.690. The van der Waals surface area contributed by atoms with E-state index >= 15 is 0 Å². The second-order valence-electron chi connectivity index (χ2n) is 5.90. The van der Waals surface area contributed by atoms with E-state index in [1.54, 1.807) is 5.47 Å². The summed E-state index contributed by atoms with van der Waals surface area (Å²) in [7, 11) is 1.43. The van der Waals surface area contributed by atoms with Crippen molar-refractivity contribution < 1.29 is 0 Å². The van der Waals surface area contributed by atoms with Crippen LogP contribution < -0.4 is 0 Å². The second-order valence-corrected chi connectivity index (χ2v) is 7.04. The third kappa shape index (κ3) is 4.73. The van der Waals surface area contributed by atoms with E-state index in [1.807, 2.05) is 0 Å². The Kier molecular flexibility index (Phi) is 6.04. The molecule has 0 aromatic heterocycles. The SMILES string of the molecule is CSC1CCC=C(BC2CCCCCC2)CC1. The van der Waals surface area contributed by atoms with E-state index < -0.39 is 0 Å². The normalized spacial score (nSPS) is 28.1. The monoisotopic (exact) mass is 250 g/mol. The fourth-order valence-corrected chi connectivity index (χ4v) is 4.15. The number of thioether (sulfide) groups is 1. The molecule has 0 amide bonds. The lowest BCUT2D eigenvalue weighted by Gasteiger charge is -2.15. The van der Waals surface area contributed by atoms with Gasteiger partial charge in [-0.2, -0.15) is 11.8 Å². The van der Waals surface area contributed by atoms with Crippen molar-refractivity contribution in [3.05, 3.63) is 11.5 Å². The van der Waals surface area contributed by atoms with Gasteiger partial charge in [-0.3, -0.25) is 0 Å². The second kappa shape index (κ2) is 7.56. The largest absolute Gasteiger partial charge is 0.162 e. The Morgan fingerprint density at radius 1 is 1.06 bits per heavy atom. The van der Waals surface area contributed by atoms with E-state index in [0.717, 1.165) is 11.1 Å². The quantitative estimate of drug-likeness (QED) is 0.514. The maximum atomic E-state index is 2.58. The molecule has 1 saturated carbocycles. The summed E-state index contributed by atoms with van der Waals surface area (Å²) < 4.78 is 0. The molecule has 0 heterocycles. The van der Waals surface area contributed by atoms with E-state index in [1.165, 1.54) is 71.5 Å². The van der Waals surface area contributed by atoms with E-state index in [4.69, 9.17) is 0 Å². The van der Waals surface area contributed by atoms with E-state index in [0.29, 0.717) is 0 Å². The molecule has 0 N–H and O–H groups in total. The van der Waals surface area contributed by atoms with Gasteiger partial charge in [-0.15, -0.1) is 5.47 Å². The van der Waals surface area contributed by atoms with Crippen LogP contribution in [0.5, 0.6) is 0 Å². The van der Waals surface area contributed by atoms with Gasteiger partial charge in [0.25, 0.3) is 0 Å². The summed E-state index contributed by atoms with van der Waals surface area (Å²) in [5.74, 6) is 1.02. The number of hydrogen-bond donors (Lipinski definition) is 0. The summed E-state index contributed by atoms with van der Waals surface area (Å²) in [6.07, 6.45) is 19.4. The molecule has 2 heteroatoms. The number of hydrogen-bond acceptors (Lipinski definition) is 1. The minimum atomic E-state index is 0.929. The van der Waals surface area contributed by atoms with Crippen LogP contribution in [-0.4, -0.2) is 18.8 Å². The minimum Gasteiger partial charge on any atom is -0.162 e. The van der Waals surface area contributed by atoms with Crippen molar-refractivity contribution in [1.82, 2.24) is 0 Å². The van der Waals surface area contributed by atoms with Crippen molar-refractivity contribution in [2.24, 2.45) is 0 Å². The van der Waals surface area contributed by atoms with Gasteiger partial charge in [0.2, 0.25) is 0 Å². The Labute approximate surface area is 112 Å². The first-order valence-electron chi connectivity index (χ1n) is 7.59. The Morgan fingerprint density at radius 3 is 2.53 bits per heavy atom. The van der Waals surface area contributed by atoms with Gasteiger partial charge in [0.15, 0.2) is 7.28 Å². The van der Waals surface area contributed by atoms with Crippen molar-refractivity contribution >= 4 is 19.0 Å². The van der Waals surface area contributed by atoms with Gasteiger partial charge < -0.3 is 0 Å². The predicted molar refractivity (Wildman–Crippen MR) is 82.5 cm³/mol. The molecule has 1 fully saturated rings. The van der Waals surface area contributed by atoms with Crippen LogP contribution in [0.15, 0.2) is 11.5 Å². The molecule has 0 aromatic carbocycles. The van der Waals surface area contributed by atoms with Crippen LogP contribution in [0, 0.1) is 0 Å². The van der Waals surface area contributed by atoms with Crippen LogP contribution in [0.3, 0.4) is 0 Å². The Morgan fingerprint density at radius 2 is 1.82 bits per heavy atom. The predicted octanol–water partition coefficient (Wildman–Crippen LogP) is 4.76. The van der Waals surface area contributed by atoms with Gasteiger partial charge in [-0.05, 0) is 31.9 Å². The van der Waals surface area contributed by atoms with Crippen molar-refractivity contribution in [3.63, 3.8) is 0 Å². The molecule has 17 heavy (non-hydrogen) atoms. The Hall–Kier alpha value is 0.155. The molecule has 0 radical (unpaired) electrons. The first kappa shape index (κ1) is 13.6. The first-order valence-corrected chi connectivity index (χ1v) is 8.88. The lowest BCUT2D eigenvalue weighted by atomic mass is 9.55. The van der Waals surface area contributed by atoms with Gasteiger partial charge in [0.05, 0.1) is 0 Å². The molecule has 0 spiro atoms. The van der Waals surface area contributed by atoms with E-state index in [2.05, 4.69) is 24.1 Å². The topological polar surface area (TPSA) is 0 Å². The van der Waals surface area contributed by atoms with E-state index in [-0.39, 0.29) is 0 Å². The molecule has 1 unspecified atom stereocenters. The summed E-state index contributed by atoms with van der Waals surface area (Å²) in [5.41, 5.74) is 1.80. The summed E-state index contributed by atoms with van der Waals surface area (Å²) >= 11 is 2.08. The van der Waals surface area contributed by atoms with Gasteiger partial charge >= 0.3 is 0 Å². The molecule has 2 rings (SSSR count). The van der Waals surface area contributed by atoms with Crippen LogP contribution in [0.1, 0.15) is 64.2 Å². The van der Waals surface area contributed by atoms with Gasteiger partial charge in [0, 0.05) is 5.25 Å². The smallest absolute Gasteiger partial charge is 0.155 e. The average molecular weight is 250 g/mol. The van der Waals surface area contributed by atoms with Crippen LogP contribution in [-0.2, 0) is 0 Å². The molecule has 2 aliphatic rings. The lowest BCUT2D eigenvalue weighted by Crippen LogP contribution is -2.07. The molecule has 0 saturated heterocycles. The molecule has 0 aromatic rings. The fourth-order valence-electron chi connectivity index (χ4n) is 3.43. The third-order valence-electron chi connectivity index (χ3n) is 4.57. The van der Waals surface area contributed by atoms with Crippen LogP contribution in [0.4, 0.5) is 0 Å². The third-order valence-corrected chi connectivity index (χ3v) is 5.71. The van der Waals surface area contributed by atoms with Gasteiger partial charge in [-0.25, -0.2) is 0 Å². The van der Waals surface area contributed by atoms with Gasteiger partial charge in [0.1, 0.15) is 0 Å². The summed E-state index contributed by atoms with van der Waals surface area (Å²) in [6.45, 7) is 0. The Balaban J connectivity index is 1.79. The Bertz CT molecular complexity index is 241. The first-order chi connectivity index (χ1) is 8.38. The molecule has 96 valence electrons. The molecule has 0 nitrogen and oxygen atoms in total. The highest BCUT2D eigenvalue weighted by atomic mass is 32.2. The summed E-state index contributed by atoms with van der Waals surface area (Å²) in [6, 6.07) is 0. The van der Waals surface area contributed by atoms with Crippen LogP contribution >= 0.6 is 11.8 Å². The molecule has 1 atom stereocenters. The number of allylic oxidation sites excluding steroid dienone is 2. The van der Waals surface area contributed by atoms with Gasteiger partial charge in [-0.1, -0.05) is 50.4 Å². The van der Waals surface area contributed by atoms with Crippen molar-refractivity contribution in [3.8, 4) is 0 Å². The van der Waals surface area contributed by atoms with Crippen molar-refractivity contribution in [1.29, 1.82) is 0 Å². The maximum Gasteiger partial charge on any atom is 0.155 e. The zero-order chi connectivity index (χ0) is 11.9. The summed E-state index contributed by atoms with van der Waals surface area (Å²) in [5, 5.41) is 0.929. The standard InChI is InChI=1S/C15H27BS/c1-17-15-10-6-9-14(11-12-15)16-13-7-4-2-3-5-8-13/h9,13,15-16H,2-8,10-12H2,1H3.